The van der Waals surface area contributed by atoms with Crippen molar-refractivity contribution in [2.75, 3.05) is 26.9 Å². The van der Waals surface area contributed by atoms with Gasteiger partial charge in [0, 0.05) is 12.1 Å². The third-order valence-electron chi connectivity index (χ3n) is 7.26. The molecular weight excluding hydrogens is 540 g/mol. The number of ether oxygens (including phenoxy) is 4. The largest absolute Gasteiger partial charge is 0.507 e. The van der Waals surface area contributed by atoms with E-state index in [-0.39, 0.29) is 28.1 Å². The Labute approximate surface area is 224 Å². The molecule has 0 bridgehead atoms. The molecule has 15 heteroatoms. The molecule has 3 aromatic rings. The number of rotatable bonds is 6. The van der Waals surface area contributed by atoms with E-state index in [1.54, 1.807) is 0 Å². The molecule has 3 heterocycles. The minimum Gasteiger partial charge on any atom is -0.507 e. The van der Waals surface area contributed by atoms with E-state index in [2.05, 4.69) is 0 Å². The molecule has 2 saturated heterocycles. The van der Waals surface area contributed by atoms with Crippen LogP contribution in [0.3, 0.4) is 0 Å². The molecule has 5 rings (SSSR count). The van der Waals surface area contributed by atoms with Crippen molar-refractivity contribution in [1.82, 2.24) is 0 Å². The molecule has 1 unspecified atom stereocenters. The number of phenols is 3. The first-order valence-electron chi connectivity index (χ1n) is 12.1. The molecule has 1 aromatic heterocycles. The lowest BCUT2D eigenvalue weighted by atomic mass is 9.89. The molecule has 0 amide bonds. The molecule has 2 aliphatic heterocycles. The summed E-state index contributed by atoms with van der Waals surface area (Å²) in [5.41, 5.74) is -3.60. The van der Waals surface area contributed by atoms with Crippen molar-refractivity contribution in [1.29, 1.82) is 0 Å². The van der Waals surface area contributed by atoms with Crippen LogP contribution in [-0.4, -0.2) is 115 Å². The van der Waals surface area contributed by atoms with Gasteiger partial charge in [-0.05, 0) is 6.07 Å². The SMILES string of the molecule is COc1cc2c(=O)c3c(O)c([C@@H]4O[C@H](CO[C@@H]5OCC(O)(CO)[C@H]5O)[C@@H](O)[C@H](O)[C@H]4O)c(O)cc3oc2cc1O. The fourth-order valence-corrected chi connectivity index (χ4v) is 4.91. The number of hydrogen-bond donors (Lipinski definition) is 9. The summed E-state index contributed by atoms with van der Waals surface area (Å²) in [5, 5.41) is 92.6. The lowest BCUT2D eigenvalue weighted by Gasteiger charge is -2.41. The molecule has 0 saturated carbocycles. The van der Waals surface area contributed by atoms with Crippen molar-refractivity contribution < 1.29 is 69.3 Å². The van der Waals surface area contributed by atoms with Crippen molar-refractivity contribution in [3.63, 3.8) is 0 Å². The first kappa shape index (κ1) is 28.3. The number of hydrogen-bond acceptors (Lipinski definition) is 15. The fraction of sp³-hybridized carbons (Fsp3) is 0.480. The number of aromatic hydroxyl groups is 3. The van der Waals surface area contributed by atoms with Crippen LogP contribution in [0.4, 0.5) is 0 Å². The normalized spacial score (nSPS) is 32.6. The maximum Gasteiger partial charge on any atom is 0.204 e. The van der Waals surface area contributed by atoms with E-state index in [1.165, 1.54) is 13.2 Å². The minimum atomic E-state index is -1.98. The Kier molecular flexibility index (Phi) is 7.28. The molecule has 15 nitrogen and oxygen atoms in total. The van der Waals surface area contributed by atoms with Crippen LogP contribution in [0.1, 0.15) is 11.7 Å². The predicted octanol–water partition coefficient (Wildman–Crippen LogP) is -1.95. The van der Waals surface area contributed by atoms with Gasteiger partial charge in [-0.2, -0.15) is 0 Å². The topological polar surface area (TPSA) is 249 Å². The predicted molar refractivity (Wildman–Crippen MR) is 131 cm³/mol. The molecule has 218 valence electrons. The van der Waals surface area contributed by atoms with Crippen molar-refractivity contribution in [2.45, 2.75) is 48.5 Å². The summed E-state index contributed by atoms with van der Waals surface area (Å²) in [4.78, 5) is 13.3. The Morgan fingerprint density at radius 3 is 2.35 bits per heavy atom. The quantitative estimate of drug-likeness (QED) is 0.147. The molecule has 40 heavy (non-hydrogen) atoms. The van der Waals surface area contributed by atoms with Crippen LogP contribution >= 0.6 is 0 Å². The number of fused-ring (bicyclic) bond motifs is 2. The van der Waals surface area contributed by atoms with E-state index < -0.39 is 96.2 Å². The van der Waals surface area contributed by atoms with Gasteiger partial charge >= 0.3 is 0 Å². The highest BCUT2D eigenvalue weighted by atomic mass is 16.7. The highest BCUT2D eigenvalue weighted by molar-refractivity contribution is 5.96. The smallest absolute Gasteiger partial charge is 0.204 e. The second kappa shape index (κ2) is 10.3. The summed E-state index contributed by atoms with van der Waals surface area (Å²) >= 11 is 0. The molecular formula is C25H28O15. The first-order chi connectivity index (χ1) is 18.9. The van der Waals surface area contributed by atoms with Gasteiger partial charge in [-0.15, -0.1) is 0 Å². The molecule has 8 atom stereocenters. The third kappa shape index (κ3) is 4.41. The van der Waals surface area contributed by atoms with Gasteiger partial charge < -0.3 is 69.3 Å². The van der Waals surface area contributed by atoms with Crippen LogP contribution in [0.15, 0.2) is 27.4 Å². The van der Waals surface area contributed by atoms with Crippen LogP contribution in [0.2, 0.25) is 0 Å². The van der Waals surface area contributed by atoms with Crippen LogP contribution in [0.5, 0.6) is 23.0 Å². The zero-order chi connectivity index (χ0) is 29.1. The molecule has 2 fully saturated rings. The molecule has 0 radical (unpaired) electrons. The van der Waals surface area contributed by atoms with Crippen molar-refractivity contribution >= 4 is 21.9 Å². The number of aliphatic hydroxyl groups excluding tert-OH is 5. The molecule has 9 N–H and O–H groups in total. The van der Waals surface area contributed by atoms with E-state index in [1.807, 2.05) is 0 Å². The molecule has 2 aliphatic rings. The molecule has 0 spiro atoms. The second-order valence-corrected chi connectivity index (χ2v) is 9.77. The lowest BCUT2D eigenvalue weighted by Crippen LogP contribution is -2.56. The Balaban J connectivity index is 1.51. The van der Waals surface area contributed by atoms with Gasteiger partial charge in [0.25, 0.3) is 0 Å². The summed E-state index contributed by atoms with van der Waals surface area (Å²) in [6.45, 7) is -1.84. The van der Waals surface area contributed by atoms with E-state index in [0.29, 0.717) is 0 Å². The average Bonchev–Trinajstić information content (AvgIpc) is 3.21. The van der Waals surface area contributed by atoms with Crippen LogP contribution < -0.4 is 10.2 Å². The first-order valence-corrected chi connectivity index (χ1v) is 12.1. The highest BCUT2D eigenvalue weighted by Gasteiger charge is 2.50. The van der Waals surface area contributed by atoms with Crippen molar-refractivity contribution in [2.24, 2.45) is 0 Å². The van der Waals surface area contributed by atoms with E-state index in [9.17, 15) is 50.8 Å². The summed E-state index contributed by atoms with van der Waals surface area (Å²) < 4.78 is 26.8. The monoisotopic (exact) mass is 568 g/mol. The Morgan fingerprint density at radius 1 is 1.00 bits per heavy atom. The van der Waals surface area contributed by atoms with Crippen molar-refractivity contribution in [3.05, 3.63) is 34.0 Å². The van der Waals surface area contributed by atoms with E-state index >= 15 is 0 Å². The van der Waals surface area contributed by atoms with Gasteiger partial charge in [0.1, 0.15) is 70.3 Å². The fourth-order valence-electron chi connectivity index (χ4n) is 4.91. The van der Waals surface area contributed by atoms with Gasteiger partial charge in [0.15, 0.2) is 17.8 Å². The van der Waals surface area contributed by atoms with Gasteiger partial charge in [-0.3, -0.25) is 4.79 Å². The van der Waals surface area contributed by atoms with Gasteiger partial charge in [0.05, 0.1) is 37.9 Å². The minimum absolute atomic E-state index is 0.0441. The molecule has 0 aliphatic carbocycles. The highest BCUT2D eigenvalue weighted by Crippen LogP contribution is 2.45. The summed E-state index contributed by atoms with van der Waals surface area (Å²) in [6, 6.07) is 3.29. The number of methoxy groups -OCH3 is 1. The summed E-state index contributed by atoms with van der Waals surface area (Å²) in [6.07, 6.45) is -11.8. The zero-order valence-electron chi connectivity index (χ0n) is 20.9. The number of aliphatic hydroxyl groups is 6. The van der Waals surface area contributed by atoms with Crippen LogP contribution in [-0.2, 0) is 14.2 Å². The average molecular weight is 568 g/mol. The Bertz CT molecular complexity index is 1490. The second-order valence-electron chi connectivity index (χ2n) is 9.77. The summed E-state index contributed by atoms with van der Waals surface area (Å²) in [5.74, 6) is -1.90. The Hall–Kier alpha value is -3.25. The number of phenolic OH excluding ortho intramolecular Hbond substituents is 3. The van der Waals surface area contributed by atoms with Gasteiger partial charge in [-0.25, -0.2) is 0 Å². The lowest BCUT2D eigenvalue weighted by molar-refractivity contribution is -0.253. The maximum atomic E-state index is 13.3. The Morgan fingerprint density at radius 2 is 1.70 bits per heavy atom. The van der Waals surface area contributed by atoms with Crippen LogP contribution in [0, 0.1) is 0 Å². The van der Waals surface area contributed by atoms with E-state index in [4.69, 9.17) is 23.4 Å². The maximum absolute atomic E-state index is 13.3. The standard InChI is InChI=1S/C25H28O15/c1-36-12-2-8-11(3-9(12)27)39-13-4-10(28)15(19(31)16(13)17(8)29)22-21(33)20(32)18(30)14(40-22)5-37-24-23(34)25(35,6-26)7-38-24/h2-4,14,18,20-24,26-28,30-35H,5-7H2,1H3/t14-,18-,20+,21-,22+,23+,24-,25?/m1/s1. The van der Waals surface area contributed by atoms with Crippen LogP contribution in [0.25, 0.3) is 21.9 Å². The van der Waals surface area contributed by atoms with Gasteiger partial charge in [0.2, 0.25) is 5.43 Å². The summed E-state index contributed by atoms with van der Waals surface area (Å²) in [7, 11) is 1.27. The molecule has 2 aromatic carbocycles. The van der Waals surface area contributed by atoms with Gasteiger partial charge in [-0.1, -0.05) is 0 Å². The number of benzene rings is 2. The third-order valence-corrected chi connectivity index (χ3v) is 7.26. The zero-order valence-corrected chi connectivity index (χ0v) is 20.9. The van der Waals surface area contributed by atoms with Crippen molar-refractivity contribution in [3.8, 4) is 23.0 Å². The van der Waals surface area contributed by atoms with E-state index in [0.717, 1.165) is 12.1 Å².